The van der Waals surface area contributed by atoms with Crippen LogP contribution in [0.3, 0.4) is 0 Å². The van der Waals surface area contributed by atoms with E-state index in [9.17, 15) is 4.79 Å². The molecule has 1 aromatic heterocycles. The summed E-state index contributed by atoms with van der Waals surface area (Å²) in [5, 5.41) is 1.73. The third kappa shape index (κ3) is 3.60. The first-order valence-electron chi connectivity index (χ1n) is 8.54. The van der Waals surface area contributed by atoms with Crippen molar-refractivity contribution in [2.45, 2.75) is 6.42 Å². The van der Waals surface area contributed by atoms with Crippen LogP contribution in [0.1, 0.15) is 5.56 Å². The van der Waals surface area contributed by atoms with Crippen molar-refractivity contribution in [3.05, 3.63) is 63.8 Å². The molecular weight excluding hydrogens is 416 g/mol. The highest BCUT2D eigenvalue weighted by molar-refractivity contribution is 9.10. The van der Waals surface area contributed by atoms with Crippen LogP contribution < -0.4 is 4.90 Å². The maximum atomic E-state index is 12.7. The number of halogens is 2. The second-order valence-corrected chi connectivity index (χ2v) is 7.78. The minimum Gasteiger partial charge on any atom is -0.464 e. The lowest BCUT2D eigenvalue weighted by atomic mass is 10.1. The molecule has 1 fully saturated rings. The Labute approximate surface area is 165 Å². The van der Waals surface area contributed by atoms with Crippen LogP contribution >= 0.6 is 27.5 Å². The molecule has 1 aliphatic rings. The zero-order chi connectivity index (χ0) is 18.1. The van der Waals surface area contributed by atoms with Crippen LogP contribution in [0.4, 0.5) is 5.69 Å². The Hall–Kier alpha value is -1.98. The molecule has 0 atom stereocenters. The van der Waals surface area contributed by atoms with Crippen molar-refractivity contribution in [3.8, 4) is 0 Å². The average molecular weight is 434 g/mol. The van der Waals surface area contributed by atoms with Crippen molar-refractivity contribution in [1.29, 1.82) is 0 Å². The van der Waals surface area contributed by atoms with Gasteiger partial charge in [-0.25, -0.2) is 0 Å². The van der Waals surface area contributed by atoms with E-state index in [0.29, 0.717) is 19.5 Å². The molecule has 0 spiro atoms. The number of anilines is 1. The number of fused-ring (bicyclic) bond motifs is 1. The van der Waals surface area contributed by atoms with E-state index >= 15 is 0 Å². The molecule has 0 N–H and O–H groups in total. The smallest absolute Gasteiger partial charge is 0.227 e. The van der Waals surface area contributed by atoms with Crippen LogP contribution in [0.5, 0.6) is 0 Å². The molecule has 2 heterocycles. The molecule has 0 bridgehead atoms. The molecule has 3 aromatic rings. The number of benzene rings is 2. The normalized spacial score (nSPS) is 14.8. The zero-order valence-corrected chi connectivity index (χ0v) is 16.5. The summed E-state index contributed by atoms with van der Waals surface area (Å²) in [5.74, 6) is 0.137. The van der Waals surface area contributed by atoms with Gasteiger partial charge in [0.1, 0.15) is 5.58 Å². The first-order valence-corrected chi connectivity index (χ1v) is 9.71. The number of carbonyl (C=O) groups excluding carboxylic acids is 1. The van der Waals surface area contributed by atoms with E-state index in [1.807, 2.05) is 41.3 Å². The monoisotopic (exact) mass is 432 g/mol. The van der Waals surface area contributed by atoms with Crippen molar-refractivity contribution in [3.63, 3.8) is 0 Å². The van der Waals surface area contributed by atoms with Gasteiger partial charge < -0.3 is 14.2 Å². The summed E-state index contributed by atoms with van der Waals surface area (Å²) in [7, 11) is 0. The van der Waals surface area contributed by atoms with Crippen LogP contribution in [-0.4, -0.2) is 37.0 Å². The van der Waals surface area contributed by atoms with Gasteiger partial charge in [-0.15, -0.1) is 0 Å². The summed E-state index contributed by atoms with van der Waals surface area (Å²) >= 11 is 9.55. The topological polar surface area (TPSA) is 36.7 Å². The lowest BCUT2D eigenvalue weighted by Gasteiger charge is -2.36. The first-order chi connectivity index (χ1) is 12.6. The Bertz CT molecular complexity index is 948. The summed E-state index contributed by atoms with van der Waals surface area (Å²) < 4.78 is 6.55. The fourth-order valence-electron chi connectivity index (χ4n) is 3.35. The SMILES string of the molecule is O=C(Cc1coc2ccc(Br)cc12)N1CCN(c2cccc(Cl)c2)CC1. The molecule has 0 unspecified atom stereocenters. The van der Waals surface area contributed by atoms with E-state index in [-0.39, 0.29) is 5.91 Å². The molecule has 0 saturated carbocycles. The Morgan fingerprint density at radius 2 is 1.92 bits per heavy atom. The van der Waals surface area contributed by atoms with Crippen LogP contribution in [0.2, 0.25) is 5.02 Å². The number of carbonyl (C=O) groups is 1. The third-order valence-corrected chi connectivity index (χ3v) is 5.49. The largest absolute Gasteiger partial charge is 0.464 e. The van der Waals surface area contributed by atoms with Crippen molar-refractivity contribution < 1.29 is 9.21 Å². The fraction of sp³-hybridized carbons (Fsp3) is 0.250. The second kappa shape index (κ2) is 7.33. The summed E-state index contributed by atoms with van der Waals surface area (Å²) in [4.78, 5) is 16.9. The van der Waals surface area contributed by atoms with Gasteiger partial charge in [-0.05, 0) is 36.4 Å². The summed E-state index contributed by atoms with van der Waals surface area (Å²) in [6.45, 7) is 3.04. The quantitative estimate of drug-likeness (QED) is 0.598. The fourth-order valence-corrected chi connectivity index (χ4v) is 3.90. The number of hydrogen-bond donors (Lipinski definition) is 0. The molecule has 1 saturated heterocycles. The van der Waals surface area contributed by atoms with Gasteiger partial charge in [0.2, 0.25) is 5.91 Å². The number of amides is 1. The standard InChI is InChI=1S/C20H18BrClN2O2/c21-15-4-5-19-18(11-15)14(13-26-19)10-20(25)24-8-6-23(7-9-24)17-3-1-2-16(22)12-17/h1-5,11-13H,6-10H2. The van der Waals surface area contributed by atoms with Gasteiger partial charge in [-0.3, -0.25) is 4.79 Å². The Balaban J connectivity index is 1.41. The molecule has 26 heavy (non-hydrogen) atoms. The third-order valence-electron chi connectivity index (χ3n) is 4.76. The van der Waals surface area contributed by atoms with E-state index < -0.39 is 0 Å². The molecule has 1 amide bonds. The lowest BCUT2D eigenvalue weighted by molar-refractivity contribution is -0.130. The number of nitrogens with zero attached hydrogens (tertiary/aromatic N) is 2. The van der Waals surface area contributed by atoms with Crippen LogP contribution in [-0.2, 0) is 11.2 Å². The molecular formula is C20H18BrClN2O2. The van der Waals surface area contributed by atoms with Crippen LogP contribution in [0.25, 0.3) is 11.0 Å². The zero-order valence-electron chi connectivity index (χ0n) is 14.1. The van der Waals surface area contributed by atoms with E-state index in [2.05, 4.69) is 26.9 Å². The molecule has 6 heteroatoms. The first kappa shape index (κ1) is 17.4. The summed E-state index contributed by atoms with van der Waals surface area (Å²) in [6, 6.07) is 13.7. The van der Waals surface area contributed by atoms with E-state index in [0.717, 1.165) is 44.8 Å². The molecule has 4 rings (SSSR count). The van der Waals surface area contributed by atoms with Gasteiger partial charge in [0, 0.05) is 52.3 Å². The molecule has 1 aliphatic heterocycles. The average Bonchev–Trinajstić information content (AvgIpc) is 3.04. The van der Waals surface area contributed by atoms with Crippen LogP contribution in [0, 0.1) is 0 Å². The second-order valence-electron chi connectivity index (χ2n) is 6.43. The highest BCUT2D eigenvalue weighted by atomic mass is 79.9. The summed E-state index contributed by atoms with van der Waals surface area (Å²) in [5.41, 5.74) is 2.85. The van der Waals surface area contributed by atoms with Gasteiger partial charge in [-0.2, -0.15) is 0 Å². The Kier molecular flexibility index (Phi) is 4.92. The van der Waals surface area contributed by atoms with E-state index in [1.54, 1.807) is 6.26 Å². The molecule has 0 radical (unpaired) electrons. The van der Waals surface area contributed by atoms with Gasteiger partial charge in [0.25, 0.3) is 0 Å². The maximum absolute atomic E-state index is 12.7. The predicted octanol–water partition coefficient (Wildman–Crippen LogP) is 4.74. The van der Waals surface area contributed by atoms with Crippen molar-refractivity contribution in [2.75, 3.05) is 31.1 Å². The molecule has 0 aliphatic carbocycles. The number of hydrogen-bond acceptors (Lipinski definition) is 3. The molecule has 134 valence electrons. The molecule has 2 aromatic carbocycles. The Morgan fingerprint density at radius 3 is 2.69 bits per heavy atom. The van der Waals surface area contributed by atoms with Gasteiger partial charge in [0.15, 0.2) is 0 Å². The van der Waals surface area contributed by atoms with Crippen LogP contribution in [0.15, 0.2) is 57.6 Å². The molecule has 4 nitrogen and oxygen atoms in total. The Morgan fingerprint density at radius 1 is 1.12 bits per heavy atom. The predicted molar refractivity (Wildman–Crippen MR) is 108 cm³/mol. The highest BCUT2D eigenvalue weighted by Gasteiger charge is 2.22. The lowest BCUT2D eigenvalue weighted by Crippen LogP contribution is -2.49. The van der Waals surface area contributed by atoms with Crippen molar-refractivity contribution in [1.82, 2.24) is 4.90 Å². The maximum Gasteiger partial charge on any atom is 0.227 e. The van der Waals surface area contributed by atoms with Crippen molar-refractivity contribution >= 4 is 50.1 Å². The van der Waals surface area contributed by atoms with Gasteiger partial charge in [0.05, 0.1) is 12.7 Å². The minimum atomic E-state index is 0.137. The minimum absolute atomic E-state index is 0.137. The number of rotatable bonds is 3. The van der Waals surface area contributed by atoms with Gasteiger partial charge in [-0.1, -0.05) is 33.6 Å². The number of piperazine rings is 1. The van der Waals surface area contributed by atoms with E-state index in [1.165, 1.54) is 0 Å². The van der Waals surface area contributed by atoms with Gasteiger partial charge >= 0.3 is 0 Å². The number of furan rings is 1. The van der Waals surface area contributed by atoms with Crippen molar-refractivity contribution in [2.24, 2.45) is 0 Å². The summed E-state index contributed by atoms with van der Waals surface area (Å²) in [6.07, 6.45) is 2.05. The highest BCUT2D eigenvalue weighted by Crippen LogP contribution is 2.26. The van der Waals surface area contributed by atoms with E-state index in [4.69, 9.17) is 16.0 Å².